The van der Waals surface area contributed by atoms with E-state index in [-0.39, 0.29) is 6.54 Å². The van der Waals surface area contributed by atoms with Crippen LogP contribution in [0.25, 0.3) is 11.0 Å². The summed E-state index contributed by atoms with van der Waals surface area (Å²) >= 11 is 3.34. The normalized spacial score (nSPS) is 11.0. The topological polar surface area (TPSA) is 56.7 Å². The lowest BCUT2D eigenvalue weighted by Gasteiger charge is -1.99. The number of halogens is 2. The van der Waals surface area contributed by atoms with Crippen LogP contribution < -0.4 is 5.73 Å². The second kappa shape index (κ2) is 3.53. The van der Waals surface area contributed by atoms with Crippen LogP contribution in [-0.2, 0) is 6.54 Å². The van der Waals surface area contributed by atoms with Gasteiger partial charge in [-0.2, -0.15) is 0 Å². The van der Waals surface area contributed by atoms with E-state index in [1.807, 2.05) is 0 Å². The Morgan fingerprint density at radius 2 is 2.29 bits per heavy atom. The average Bonchev–Trinajstić information content (AvgIpc) is 2.46. The van der Waals surface area contributed by atoms with Gasteiger partial charge in [-0.15, -0.1) is 0 Å². The molecule has 0 spiro atoms. The van der Waals surface area contributed by atoms with Crippen molar-refractivity contribution in [1.82, 2.24) is 14.5 Å². The molecule has 2 aromatic heterocycles. The number of aromatic nitrogens is 3. The predicted molar refractivity (Wildman–Crippen MR) is 55.6 cm³/mol. The van der Waals surface area contributed by atoms with Crippen molar-refractivity contribution in [2.75, 3.05) is 12.4 Å². The van der Waals surface area contributed by atoms with Crippen LogP contribution in [0.4, 0.5) is 10.2 Å². The van der Waals surface area contributed by atoms with Gasteiger partial charge in [0.2, 0.25) is 0 Å². The highest BCUT2D eigenvalue weighted by Gasteiger charge is 2.10. The number of hydrogen-bond donors (Lipinski definition) is 1. The molecular formula is C8H8BrFN4. The summed E-state index contributed by atoms with van der Waals surface area (Å²) in [7, 11) is 0. The molecule has 4 nitrogen and oxygen atoms in total. The monoisotopic (exact) mass is 258 g/mol. The van der Waals surface area contributed by atoms with Gasteiger partial charge in [0, 0.05) is 10.7 Å². The Morgan fingerprint density at radius 1 is 1.50 bits per heavy atom. The quantitative estimate of drug-likeness (QED) is 0.893. The number of fused-ring (bicyclic) bond motifs is 1. The molecule has 0 saturated carbocycles. The highest BCUT2D eigenvalue weighted by molar-refractivity contribution is 9.10. The van der Waals surface area contributed by atoms with Gasteiger partial charge in [-0.25, -0.2) is 14.4 Å². The van der Waals surface area contributed by atoms with Crippen LogP contribution in [0.2, 0.25) is 0 Å². The van der Waals surface area contributed by atoms with Crippen LogP contribution in [0.5, 0.6) is 0 Å². The Morgan fingerprint density at radius 3 is 3.00 bits per heavy atom. The fourth-order valence-corrected chi connectivity index (χ4v) is 1.99. The van der Waals surface area contributed by atoms with Crippen molar-refractivity contribution < 1.29 is 4.39 Å². The van der Waals surface area contributed by atoms with Gasteiger partial charge >= 0.3 is 0 Å². The van der Waals surface area contributed by atoms with Crippen LogP contribution in [0.1, 0.15) is 0 Å². The third kappa shape index (κ3) is 1.35. The van der Waals surface area contributed by atoms with Crippen LogP contribution >= 0.6 is 15.9 Å². The van der Waals surface area contributed by atoms with Crippen molar-refractivity contribution >= 4 is 32.8 Å². The summed E-state index contributed by atoms with van der Waals surface area (Å²) in [6.07, 6.45) is 3.13. The first-order chi connectivity index (χ1) is 6.74. The zero-order valence-corrected chi connectivity index (χ0v) is 8.83. The molecule has 0 aliphatic rings. The molecular weight excluding hydrogens is 251 g/mol. The largest absolute Gasteiger partial charge is 0.383 e. The maximum atomic E-state index is 12.2. The molecule has 0 saturated heterocycles. The van der Waals surface area contributed by atoms with E-state index in [1.54, 1.807) is 10.8 Å². The maximum Gasteiger partial charge on any atom is 0.146 e. The summed E-state index contributed by atoms with van der Waals surface area (Å²) in [6, 6.07) is 0. The number of nitrogen functional groups attached to an aromatic ring is 1. The van der Waals surface area contributed by atoms with E-state index in [4.69, 9.17) is 5.73 Å². The van der Waals surface area contributed by atoms with Crippen LogP contribution in [0.15, 0.2) is 17.0 Å². The third-order valence-corrected chi connectivity index (χ3v) is 2.56. The molecule has 0 amide bonds. The minimum absolute atomic E-state index is 0.276. The smallest absolute Gasteiger partial charge is 0.146 e. The standard InChI is InChI=1S/C8H8BrFN4/c9-5-3-14(2-1-10)8-6(5)7(11)12-4-13-8/h3-4H,1-2H2,(H2,11,12,13). The van der Waals surface area contributed by atoms with Gasteiger partial charge in [-0.05, 0) is 15.9 Å². The molecule has 0 fully saturated rings. The van der Waals surface area contributed by atoms with Crippen molar-refractivity contribution in [3.05, 3.63) is 17.0 Å². The van der Waals surface area contributed by atoms with Crippen molar-refractivity contribution in [3.8, 4) is 0 Å². The van der Waals surface area contributed by atoms with E-state index in [2.05, 4.69) is 25.9 Å². The first kappa shape index (κ1) is 9.39. The predicted octanol–water partition coefficient (Wildman–Crippen LogP) is 1.75. The van der Waals surface area contributed by atoms with E-state index in [1.165, 1.54) is 6.33 Å². The molecule has 74 valence electrons. The molecule has 0 radical (unpaired) electrons. The second-order valence-electron chi connectivity index (χ2n) is 2.82. The second-order valence-corrected chi connectivity index (χ2v) is 3.67. The lowest BCUT2D eigenvalue weighted by molar-refractivity contribution is 0.450. The number of aryl methyl sites for hydroxylation is 1. The van der Waals surface area contributed by atoms with E-state index < -0.39 is 6.67 Å². The maximum absolute atomic E-state index is 12.2. The molecule has 2 N–H and O–H groups in total. The number of anilines is 1. The Hall–Kier alpha value is -1.17. The fraction of sp³-hybridized carbons (Fsp3) is 0.250. The number of rotatable bonds is 2. The Bertz CT molecular complexity index is 468. The highest BCUT2D eigenvalue weighted by Crippen LogP contribution is 2.27. The van der Waals surface area contributed by atoms with Crippen molar-refractivity contribution in [2.45, 2.75) is 6.54 Å². The first-order valence-corrected chi connectivity index (χ1v) is 4.84. The first-order valence-electron chi connectivity index (χ1n) is 4.05. The SMILES string of the molecule is Nc1ncnc2c1c(Br)cn2CCF. The third-order valence-electron chi connectivity index (χ3n) is 1.96. The van der Waals surface area contributed by atoms with E-state index in [0.29, 0.717) is 11.5 Å². The summed E-state index contributed by atoms with van der Waals surface area (Å²) in [5.74, 6) is 0.402. The molecule has 0 atom stereocenters. The minimum atomic E-state index is -0.430. The van der Waals surface area contributed by atoms with Crippen molar-refractivity contribution in [3.63, 3.8) is 0 Å². The van der Waals surface area contributed by atoms with Gasteiger partial charge in [-0.1, -0.05) is 0 Å². The van der Waals surface area contributed by atoms with E-state index >= 15 is 0 Å². The number of nitrogens with two attached hydrogens (primary N) is 1. The van der Waals surface area contributed by atoms with Gasteiger partial charge in [0.15, 0.2) is 0 Å². The van der Waals surface area contributed by atoms with Crippen LogP contribution in [0, 0.1) is 0 Å². The molecule has 0 unspecified atom stereocenters. The molecule has 0 bridgehead atoms. The molecule has 2 aromatic rings. The van der Waals surface area contributed by atoms with Crippen LogP contribution in [-0.4, -0.2) is 21.2 Å². The van der Waals surface area contributed by atoms with Gasteiger partial charge in [-0.3, -0.25) is 0 Å². The summed E-state index contributed by atoms with van der Waals surface area (Å²) in [5, 5.41) is 0.737. The van der Waals surface area contributed by atoms with Crippen molar-refractivity contribution in [1.29, 1.82) is 0 Å². The Labute approximate surface area is 88.1 Å². The molecule has 0 aliphatic carbocycles. The lowest BCUT2D eigenvalue weighted by Crippen LogP contribution is -2.00. The fourth-order valence-electron chi connectivity index (χ4n) is 1.36. The lowest BCUT2D eigenvalue weighted by atomic mass is 10.4. The minimum Gasteiger partial charge on any atom is -0.383 e. The summed E-state index contributed by atoms with van der Waals surface area (Å²) in [6.45, 7) is -0.154. The molecule has 6 heteroatoms. The number of nitrogens with zero attached hydrogens (tertiary/aromatic N) is 3. The summed E-state index contributed by atoms with van der Waals surface area (Å²) in [5.41, 5.74) is 6.33. The number of alkyl halides is 1. The zero-order valence-electron chi connectivity index (χ0n) is 7.24. The number of hydrogen-bond acceptors (Lipinski definition) is 3. The molecule has 0 aromatic carbocycles. The highest BCUT2D eigenvalue weighted by atomic mass is 79.9. The van der Waals surface area contributed by atoms with Crippen LogP contribution in [0.3, 0.4) is 0 Å². The molecule has 14 heavy (non-hydrogen) atoms. The molecule has 0 aliphatic heterocycles. The van der Waals surface area contributed by atoms with Gasteiger partial charge in [0.1, 0.15) is 24.5 Å². The Kier molecular flexibility index (Phi) is 2.37. The van der Waals surface area contributed by atoms with Gasteiger partial charge < -0.3 is 10.3 Å². The summed E-state index contributed by atoms with van der Waals surface area (Å²) < 4.78 is 14.7. The summed E-state index contributed by atoms with van der Waals surface area (Å²) in [4.78, 5) is 7.93. The van der Waals surface area contributed by atoms with Crippen molar-refractivity contribution in [2.24, 2.45) is 0 Å². The molecule has 2 heterocycles. The van der Waals surface area contributed by atoms with Gasteiger partial charge in [0.25, 0.3) is 0 Å². The molecule has 2 rings (SSSR count). The van der Waals surface area contributed by atoms with E-state index in [9.17, 15) is 4.39 Å². The Balaban J connectivity index is 2.71. The van der Waals surface area contributed by atoms with E-state index in [0.717, 1.165) is 9.86 Å². The average molecular weight is 259 g/mol. The zero-order chi connectivity index (χ0) is 10.1. The van der Waals surface area contributed by atoms with Gasteiger partial charge in [0.05, 0.1) is 11.9 Å².